The summed E-state index contributed by atoms with van der Waals surface area (Å²) in [5.74, 6) is -2.82. The molecule has 33 heavy (non-hydrogen) atoms. The maximum absolute atomic E-state index is 13.3. The highest BCUT2D eigenvalue weighted by molar-refractivity contribution is 5.96. The van der Waals surface area contributed by atoms with E-state index in [2.05, 4.69) is 15.1 Å². The van der Waals surface area contributed by atoms with Gasteiger partial charge in [0.05, 0.1) is 25.0 Å². The summed E-state index contributed by atoms with van der Waals surface area (Å²) in [5, 5.41) is 3.96. The maximum Gasteiger partial charge on any atom is 0.425 e. The molecule has 1 saturated carbocycles. The first kappa shape index (κ1) is 23.4. The van der Waals surface area contributed by atoms with Crippen LogP contribution in [0.15, 0.2) is 16.8 Å². The van der Waals surface area contributed by atoms with Crippen molar-refractivity contribution in [2.24, 2.45) is 5.92 Å². The molecule has 0 spiro atoms. The molecule has 4 rings (SSSR count). The Kier molecular flexibility index (Phi) is 5.60. The Morgan fingerprint density at radius 1 is 1.33 bits per heavy atom. The van der Waals surface area contributed by atoms with Gasteiger partial charge in [0.25, 0.3) is 5.92 Å². The number of rotatable bonds is 8. The largest absolute Gasteiger partial charge is 0.479 e. The van der Waals surface area contributed by atoms with Gasteiger partial charge in [-0.1, -0.05) is 12.1 Å². The van der Waals surface area contributed by atoms with Crippen LogP contribution in [0.4, 0.5) is 27.6 Å². The minimum atomic E-state index is -4.68. The minimum Gasteiger partial charge on any atom is -0.479 e. The third kappa shape index (κ3) is 4.79. The van der Waals surface area contributed by atoms with E-state index in [1.165, 1.54) is 0 Å². The topological polar surface area (TPSA) is 81.4 Å². The van der Waals surface area contributed by atoms with Crippen LogP contribution in [0.3, 0.4) is 0 Å². The second kappa shape index (κ2) is 7.91. The molecule has 0 amide bonds. The number of alkyl halides is 5. The van der Waals surface area contributed by atoms with Crippen molar-refractivity contribution in [2.75, 3.05) is 18.0 Å². The minimum absolute atomic E-state index is 0.0210. The molecule has 0 aromatic carbocycles. The predicted molar refractivity (Wildman–Crippen MR) is 106 cm³/mol. The van der Waals surface area contributed by atoms with Crippen molar-refractivity contribution in [3.8, 4) is 5.75 Å². The summed E-state index contributed by atoms with van der Waals surface area (Å²) in [4.78, 5) is 22.6. The zero-order valence-corrected chi connectivity index (χ0v) is 18.2. The van der Waals surface area contributed by atoms with Crippen LogP contribution in [0.2, 0.25) is 0 Å². The zero-order chi connectivity index (χ0) is 24.2. The van der Waals surface area contributed by atoms with E-state index in [0.717, 1.165) is 36.9 Å². The lowest BCUT2D eigenvalue weighted by Crippen LogP contribution is -2.56. The van der Waals surface area contributed by atoms with Crippen LogP contribution in [-0.2, 0) is 5.41 Å². The number of Topliss-reactive ketones (excluding diaryl/α,β-unsaturated/α-hetero) is 1. The second-order valence-corrected chi connectivity index (χ2v) is 8.98. The van der Waals surface area contributed by atoms with Gasteiger partial charge in [-0.25, -0.2) is 8.78 Å². The number of ether oxygens (including phenoxy) is 1. The molecule has 0 radical (unpaired) electrons. The number of aryl methyl sites for hydroxylation is 1. The molecule has 3 heterocycles. The van der Waals surface area contributed by atoms with Crippen LogP contribution in [-0.4, -0.2) is 52.2 Å². The van der Waals surface area contributed by atoms with Gasteiger partial charge in [-0.15, -0.1) is 0 Å². The summed E-state index contributed by atoms with van der Waals surface area (Å²) in [5.41, 5.74) is -0.871. The fourth-order valence-corrected chi connectivity index (χ4v) is 3.94. The van der Waals surface area contributed by atoms with Gasteiger partial charge in [0, 0.05) is 24.8 Å². The lowest BCUT2D eigenvalue weighted by molar-refractivity contribution is -0.189. The fraction of sp³-hybridized carbons (Fsp3) is 0.619. The molecule has 1 saturated heterocycles. The number of ketones is 1. The molecular weight excluding hydrogens is 451 g/mol. The molecule has 1 unspecified atom stereocenters. The van der Waals surface area contributed by atoms with Gasteiger partial charge in [-0.05, 0) is 25.7 Å². The molecule has 1 aliphatic carbocycles. The standard InChI is InChI=1S/C21H23F5N4O3/c1-11(21(24,25)26)32-17-6-14(27-8-15(17)30-9-20(22,23)10-30)16(31)7-19(3,13-4-5-13)18-28-12(2)33-29-18/h6,8,11,13H,4-5,7,9-10H2,1-3H3/t11-,19?/m0/s1. The van der Waals surface area contributed by atoms with Gasteiger partial charge in [0.2, 0.25) is 5.89 Å². The van der Waals surface area contributed by atoms with Crippen molar-refractivity contribution in [1.82, 2.24) is 15.1 Å². The highest BCUT2D eigenvalue weighted by Gasteiger charge is 2.48. The van der Waals surface area contributed by atoms with E-state index in [0.29, 0.717) is 11.7 Å². The highest BCUT2D eigenvalue weighted by atomic mass is 19.4. The number of hydrogen-bond acceptors (Lipinski definition) is 7. The normalized spacial score (nSPS) is 20.7. The number of nitrogens with zero attached hydrogens (tertiary/aromatic N) is 4. The summed E-state index contributed by atoms with van der Waals surface area (Å²) in [7, 11) is 0. The molecule has 0 N–H and O–H groups in total. The molecule has 2 atom stereocenters. The van der Waals surface area contributed by atoms with Gasteiger partial charge in [-0.2, -0.15) is 18.2 Å². The predicted octanol–water partition coefficient (Wildman–Crippen LogP) is 4.50. The van der Waals surface area contributed by atoms with Crippen molar-refractivity contribution in [3.05, 3.63) is 29.7 Å². The quantitative estimate of drug-likeness (QED) is 0.412. The summed E-state index contributed by atoms with van der Waals surface area (Å²) in [6, 6.07) is 1.09. The first-order chi connectivity index (χ1) is 15.3. The molecule has 180 valence electrons. The molecule has 2 aromatic heterocycles. The molecule has 7 nitrogen and oxygen atoms in total. The average Bonchev–Trinajstić information content (AvgIpc) is 3.46. The number of anilines is 1. The Balaban J connectivity index is 1.61. The van der Waals surface area contributed by atoms with Crippen LogP contribution < -0.4 is 9.64 Å². The number of carbonyl (C=O) groups excluding carboxylic acids is 1. The van der Waals surface area contributed by atoms with Crippen LogP contribution >= 0.6 is 0 Å². The molecule has 2 aromatic rings. The molecule has 2 aliphatic rings. The van der Waals surface area contributed by atoms with Gasteiger partial charge in [0.15, 0.2) is 17.7 Å². The van der Waals surface area contributed by atoms with Crippen molar-refractivity contribution in [1.29, 1.82) is 0 Å². The van der Waals surface area contributed by atoms with E-state index in [9.17, 15) is 26.7 Å². The van der Waals surface area contributed by atoms with Gasteiger partial charge >= 0.3 is 6.18 Å². The molecule has 2 fully saturated rings. The smallest absolute Gasteiger partial charge is 0.425 e. The number of hydrogen-bond donors (Lipinski definition) is 0. The maximum atomic E-state index is 13.3. The van der Waals surface area contributed by atoms with Crippen molar-refractivity contribution in [2.45, 2.75) is 63.7 Å². The van der Waals surface area contributed by atoms with E-state index in [1.807, 2.05) is 6.92 Å². The Morgan fingerprint density at radius 2 is 2.00 bits per heavy atom. The number of pyridine rings is 1. The van der Waals surface area contributed by atoms with Crippen LogP contribution in [0.25, 0.3) is 0 Å². The van der Waals surface area contributed by atoms with E-state index >= 15 is 0 Å². The van der Waals surface area contributed by atoms with Gasteiger partial charge in [0.1, 0.15) is 11.4 Å². The summed E-state index contributed by atoms with van der Waals surface area (Å²) in [6.07, 6.45) is -4.06. The Bertz CT molecular complexity index is 1040. The fourth-order valence-electron chi connectivity index (χ4n) is 3.94. The third-order valence-corrected chi connectivity index (χ3v) is 6.13. The van der Waals surface area contributed by atoms with Crippen molar-refractivity contribution >= 4 is 11.5 Å². The number of aromatic nitrogens is 3. The van der Waals surface area contributed by atoms with E-state index in [4.69, 9.17) is 9.26 Å². The summed E-state index contributed by atoms with van der Waals surface area (Å²) >= 11 is 0. The lowest BCUT2D eigenvalue weighted by atomic mass is 9.78. The van der Waals surface area contributed by atoms with Crippen LogP contribution in [0.1, 0.15) is 55.3 Å². The van der Waals surface area contributed by atoms with Crippen LogP contribution in [0.5, 0.6) is 5.75 Å². The molecule has 1 aliphatic heterocycles. The molecular formula is C21H23F5N4O3. The van der Waals surface area contributed by atoms with Crippen molar-refractivity contribution in [3.63, 3.8) is 0 Å². The summed E-state index contributed by atoms with van der Waals surface area (Å²) < 4.78 is 76.1. The Morgan fingerprint density at radius 3 is 2.52 bits per heavy atom. The SMILES string of the molecule is Cc1nc(C(C)(CC(=O)c2cc(O[C@@H](C)C(F)(F)F)c(N3CC(F)(F)C3)cn2)C2CC2)no1. The van der Waals surface area contributed by atoms with Gasteiger partial charge < -0.3 is 14.2 Å². The monoisotopic (exact) mass is 474 g/mol. The number of halogens is 5. The number of carbonyl (C=O) groups is 1. The van der Waals surface area contributed by atoms with E-state index in [1.54, 1.807) is 6.92 Å². The zero-order valence-electron chi connectivity index (χ0n) is 18.2. The van der Waals surface area contributed by atoms with Crippen molar-refractivity contribution < 1.29 is 36.0 Å². The van der Waals surface area contributed by atoms with Crippen LogP contribution in [0, 0.1) is 12.8 Å². The third-order valence-electron chi connectivity index (χ3n) is 6.13. The lowest BCUT2D eigenvalue weighted by Gasteiger charge is -2.41. The first-order valence-corrected chi connectivity index (χ1v) is 10.5. The molecule has 0 bridgehead atoms. The highest BCUT2D eigenvalue weighted by Crippen LogP contribution is 2.49. The van der Waals surface area contributed by atoms with Gasteiger partial charge in [-0.3, -0.25) is 9.78 Å². The average molecular weight is 474 g/mol. The Labute approximate surface area is 186 Å². The molecule has 12 heteroatoms. The van der Waals surface area contributed by atoms with E-state index < -0.39 is 42.5 Å². The first-order valence-electron chi connectivity index (χ1n) is 10.5. The summed E-state index contributed by atoms with van der Waals surface area (Å²) in [6.45, 7) is 2.94. The van der Waals surface area contributed by atoms with E-state index in [-0.39, 0.29) is 29.5 Å². The Hall–Kier alpha value is -2.79. The second-order valence-electron chi connectivity index (χ2n) is 8.98.